The molecule has 2 aromatic rings. The van der Waals surface area contributed by atoms with Crippen LogP contribution in [0.4, 0.5) is 9.18 Å². The first-order chi connectivity index (χ1) is 12.1. The van der Waals surface area contributed by atoms with Crippen molar-refractivity contribution in [2.75, 3.05) is 20.1 Å². The number of carbonyl (C=O) groups is 1. The molecule has 0 radical (unpaired) electrons. The number of piperidine rings is 1. The smallest absolute Gasteiger partial charge is 0.407 e. The van der Waals surface area contributed by atoms with E-state index in [2.05, 4.69) is 10.6 Å². The molecule has 5 nitrogen and oxygen atoms in total. The van der Waals surface area contributed by atoms with E-state index in [0.717, 1.165) is 48.9 Å². The van der Waals surface area contributed by atoms with Crippen LogP contribution >= 0.6 is 0 Å². The number of pyridine rings is 1. The Bertz CT molecular complexity index is 804. The number of carbonyl (C=O) groups excluding carboxylic acids is 1. The molecule has 1 spiro atoms. The van der Waals surface area contributed by atoms with Crippen molar-refractivity contribution in [2.24, 2.45) is 5.41 Å². The average Bonchev–Trinajstić information content (AvgIpc) is 2.62. The minimum atomic E-state index is -0.401. The van der Waals surface area contributed by atoms with Gasteiger partial charge in [-0.3, -0.25) is 4.98 Å². The molecule has 2 unspecified atom stereocenters. The second-order valence-corrected chi connectivity index (χ2v) is 7.06. The zero-order valence-electron chi connectivity index (χ0n) is 14.2. The van der Waals surface area contributed by atoms with Crippen molar-refractivity contribution in [3.05, 3.63) is 41.8 Å². The van der Waals surface area contributed by atoms with E-state index in [1.807, 2.05) is 12.1 Å². The molecule has 6 heteroatoms. The van der Waals surface area contributed by atoms with Gasteiger partial charge in [-0.2, -0.15) is 0 Å². The lowest BCUT2D eigenvalue weighted by molar-refractivity contribution is -0.0865. The maximum Gasteiger partial charge on any atom is 0.407 e. The Balaban J connectivity index is 1.69. The maximum atomic E-state index is 13.4. The molecular formula is C19H22FN3O2. The minimum Gasteiger partial charge on any atom is -0.445 e. The van der Waals surface area contributed by atoms with E-state index in [9.17, 15) is 9.18 Å². The molecule has 2 aliphatic rings. The number of nitrogens with zero attached hydrogens (tertiary/aromatic N) is 1. The minimum absolute atomic E-state index is 0.0846. The summed E-state index contributed by atoms with van der Waals surface area (Å²) in [6, 6.07) is 8.49. The largest absolute Gasteiger partial charge is 0.445 e. The van der Waals surface area contributed by atoms with Gasteiger partial charge in [0.05, 0.1) is 5.52 Å². The van der Waals surface area contributed by atoms with Gasteiger partial charge in [-0.05, 0) is 62.0 Å². The lowest BCUT2D eigenvalue weighted by atomic mass is 9.53. The highest BCUT2D eigenvalue weighted by Crippen LogP contribution is 2.58. The standard InChI is InChI=1S/C19H22FN3O2/c1-21-18(24)25-16-11-19(6-8-22-9-7-19)17(16)15-4-2-12-10-13(20)3-5-14(12)23-15/h2-5,10,16-17,22H,6-9,11H2,1H3,(H,21,24). The molecule has 25 heavy (non-hydrogen) atoms. The fourth-order valence-corrected chi connectivity index (χ4v) is 4.41. The van der Waals surface area contributed by atoms with E-state index in [0.29, 0.717) is 0 Å². The number of nitrogens with one attached hydrogen (secondary N) is 2. The predicted molar refractivity (Wildman–Crippen MR) is 92.9 cm³/mol. The Morgan fingerprint density at radius 1 is 1.32 bits per heavy atom. The summed E-state index contributed by atoms with van der Waals surface area (Å²) in [4.78, 5) is 16.5. The van der Waals surface area contributed by atoms with Gasteiger partial charge < -0.3 is 15.4 Å². The van der Waals surface area contributed by atoms with E-state index >= 15 is 0 Å². The van der Waals surface area contributed by atoms with Crippen LogP contribution in [0.3, 0.4) is 0 Å². The number of halogens is 1. The van der Waals surface area contributed by atoms with Crippen LogP contribution < -0.4 is 10.6 Å². The molecule has 1 amide bonds. The molecule has 2 heterocycles. The molecule has 4 rings (SSSR count). The molecule has 1 aliphatic carbocycles. The van der Waals surface area contributed by atoms with Crippen molar-refractivity contribution >= 4 is 17.0 Å². The number of hydrogen-bond acceptors (Lipinski definition) is 4. The molecule has 1 saturated heterocycles. The van der Waals surface area contributed by atoms with Crippen LogP contribution in [0, 0.1) is 11.2 Å². The molecule has 1 aromatic heterocycles. The number of aromatic nitrogens is 1. The highest BCUT2D eigenvalue weighted by atomic mass is 19.1. The quantitative estimate of drug-likeness (QED) is 0.880. The molecule has 1 aromatic carbocycles. The summed E-state index contributed by atoms with van der Waals surface area (Å²) < 4.78 is 19.0. The van der Waals surface area contributed by atoms with E-state index in [1.54, 1.807) is 13.1 Å². The van der Waals surface area contributed by atoms with E-state index in [4.69, 9.17) is 9.72 Å². The summed E-state index contributed by atoms with van der Waals surface area (Å²) in [5.41, 5.74) is 1.83. The highest BCUT2D eigenvalue weighted by Gasteiger charge is 2.56. The molecule has 1 aliphatic heterocycles. The summed E-state index contributed by atoms with van der Waals surface area (Å²) in [6.45, 7) is 1.95. The Labute approximate surface area is 146 Å². The molecule has 132 valence electrons. The number of ether oxygens (including phenoxy) is 1. The van der Waals surface area contributed by atoms with Crippen LogP contribution in [0.25, 0.3) is 10.9 Å². The monoisotopic (exact) mass is 343 g/mol. The van der Waals surface area contributed by atoms with Crippen LogP contribution in [0.1, 0.15) is 30.9 Å². The van der Waals surface area contributed by atoms with Gasteiger partial charge in [-0.25, -0.2) is 9.18 Å². The fraction of sp³-hybridized carbons (Fsp3) is 0.474. The molecule has 2 fully saturated rings. The number of benzene rings is 1. The van der Waals surface area contributed by atoms with Crippen molar-refractivity contribution in [1.82, 2.24) is 15.6 Å². The third kappa shape index (κ3) is 2.84. The molecule has 2 N–H and O–H groups in total. The lowest BCUT2D eigenvalue weighted by Gasteiger charge is -2.56. The Hall–Kier alpha value is -2.21. The van der Waals surface area contributed by atoms with Gasteiger partial charge in [-0.1, -0.05) is 6.07 Å². The molecule has 2 atom stereocenters. The molecule has 1 saturated carbocycles. The first-order valence-electron chi connectivity index (χ1n) is 8.77. The number of alkyl carbamates (subject to hydrolysis) is 1. The van der Waals surface area contributed by atoms with Gasteiger partial charge in [0, 0.05) is 24.0 Å². The summed E-state index contributed by atoms with van der Waals surface area (Å²) in [7, 11) is 1.57. The average molecular weight is 343 g/mol. The van der Waals surface area contributed by atoms with Crippen LogP contribution in [-0.4, -0.2) is 37.3 Å². The van der Waals surface area contributed by atoms with Crippen LogP contribution in [-0.2, 0) is 4.74 Å². The Morgan fingerprint density at radius 3 is 2.88 bits per heavy atom. The maximum absolute atomic E-state index is 13.4. The molecule has 0 bridgehead atoms. The summed E-state index contributed by atoms with van der Waals surface area (Å²) in [5.74, 6) is -0.178. The first kappa shape index (κ1) is 16.3. The van der Waals surface area contributed by atoms with Crippen molar-refractivity contribution < 1.29 is 13.9 Å². The second-order valence-electron chi connectivity index (χ2n) is 7.06. The first-order valence-corrected chi connectivity index (χ1v) is 8.77. The zero-order valence-corrected chi connectivity index (χ0v) is 14.2. The van der Waals surface area contributed by atoms with Crippen LogP contribution in [0.15, 0.2) is 30.3 Å². The predicted octanol–water partition coefficient (Wildman–Crippen LogP) is 2.96. The normalized spacial score (nSPS) is 24.7. The van der Waals surface area contributed by atoms with E-state index in [-0.39, 0.29) is 23.3 Å². The van der Waals surface area contributed by atoms with Gasteiger partial charge in [0.15, 0.2) is 0 Å². The highest BCUT2D eigenvalue weighted by molar-refractivity contribution is 5.78. The SMILES string of the molecule is CNC(=O)OC1CC2(CCNCC2)C1c1ccc2cc(F)ccc2n1. The Kier molecular flexibility index (Phi) is 4.07. The van der Waals surface area contributed by atoms with Crippen molar-refractivity contribution in [3.8, 4) is 0 Å². The van der Waals surface area contributed by atoms with Crippen molar-refractivity contribution in [2.45, 2.75) is 31.3 Å². The van der Waals surface area contributed by atoms with E-state index < -0.39 is 6.09 Å². The fourth-order valence-electron chi connectivity index (χ4n) is 4.41. The van der Waals surface area contributed by atoms with Gasteiger partial charge >= 0.3 is 6.09 Å². The number of fused-ring (bicyclic) bond motifs is 1. The van der Waals surface area contributed by atoms with Gasteiger partial charge in [-0.15, -0.1) is 0 Å². The summed E-state index contributed by atoms with van der Waals surface area (Å²) in [6.07, 6.45) is 2.41. The molecular weight excluding hydrogens is 321 g/mol. The van der Waals surface area contributed by atoms with Crippen LogP contribution in [0.2, 0.25) is 0 Å². The lowest BCUT2D eigenvalue weighted by Crippen LogP contribution is -2.56. The van der Waals surface area contributed by atoms with Gasteiger partial charge in [0.1, 0.15) is 11.9 Å². The summed E-state index contributed by atoms with van der Waals surface area (Å²) in [5, 5.41) is 6.71. The summed E-state index contributed by atoms with van der Waals surface area (Å²) >= 11 is 0. The second kappa shape index (κ2) is 6.26. The third-order valence-corrected chi connectivity index (χ3v) is 5.69. The van der Waals surface area contributed by atoms with Gasteiger partial charge in [0.25, 0.3) is 0 Å². The number of amides is 1. The topological polar surface area (TPSA) is 63.2 Å². The van der Waals surface area contributed by atoms with Crippen molar-refractivity contribution in [3.63, 3.8) is 0 Å². The van der Waals surface area contributed by atoms with Crippen molar-refractivity contribution in [1.29, 1.82) is 0 Å². The Morgan fingerprint density at radius 2 is 2.12 bits per heavy atom. The van der Waals surface area contributed by atoms with E-state index in [1.165, 1.54) is 12.1 Å². The third-order valence-electron chi connectivity index (χ3n) is 5.69. The zero-order chi connectivity index (χ0) is 17.4. The number of hydrogen-bond donors (Lipinski definition) is 2. The van der Waals surface area contributed by atoms with Gasteiger partial charge in [0.2, 0.25) is 0 Å². The number of rotatable bonds is 2. The van der Waals surface area contributed by atoms with Crippen LogP contribution in [0.5, 0.6) is 0 Å².